The van der Waals surface area contributed by atoms with E-state index in [1.807, 2.05) is 0 Å². The highest BCUT2D eigenvalue weighted by Gasteiger charge is 2.04. The van der Waals surface area contributed by atoms with Gasteiger partial charge in [0.05, 0.1) is 5.38 Å². The third-order valence-corrected chi connectivity index (χ3v) is 2.33. The molecule has 0 N–H and O–H groups in total. The van der Waals surface area contributed by atoms with Crippen LogP contribution in [0.4, 0.5) is 0 Å². The van der Waals surface area contributed by atoms with Crippen molar-refractivity contribution in [2.75, 3.05) is 0 Å². The summed E-state index contributed by atoms with van der Waals surface area (Å²) in [5.74, 6) is 0.680. The van der Waals surface area contributed by atoms with E-state index in [1.54, 1.807) is 0 Å². The van der Waals surface area contributed by atoms with Crippen LogP contribution in [0.15, 0.2) is 23.8 Å². The summed E-state index contributed by atoms with van der Waals surface area (Å²) < 4.78 is 0. The SMILES string of the molecule is C/C1=C/C(Cl)/C=C\C(C)CC1. The first-order valence-corrected chi connectivity index (χ1v) is 4.62. The molecule has 2 atom stereocenters. The Morgan fingerprint density at radius 3 is 2.91 bits per heavy atom. The van der Waals surface area contributed by atoms with E-state index in [2.05, 4.69) is 32.1 Å². The van der Waals surface area contributed by atoms with Crippen molar-refractivity contribution < 1.29 is 0 Å². The second-order valence-electron chi connectivity index (χ2n) is 3.36. The van der Waals surface area contributed by atoms with Crippen molar-refractivity contribution >= 4 is 11.6 Å². The highest BCUT2D eigenvalue weighted by molar-refractivity contribution is 6.23. The topological polar surface area (TPSA) is 0 Å². The van der Waals surface area contributed by atoms with Crippen LogP contribution in [0.1, 0.15) is 26.7 Å². The molecule has 62 valence electrons. The van der Waals surface area contributed by atoms with Crippen LogP contribution < -0.4 is 0 Å². The van der Waals surface area contributed by atoms with Gasteiger partial charge in [-0.1, -0.05) is 30.7 Å². The maximum absolute atomic E-state index is 5.99. The number of alkyl halides is 1. The van der Waals surface area contributed by atoms with E-state index in [9.17, 15) is 0 Å². The van der Waals surface area contributed by atoms with Gasteiger partial charge >= 0.3 is 0 Å². The number of halogens is 1. The number of hydrogen-bond acceptors (Lipinski definition) is 0. The molecule has 1 aliphatic carbocycles. The molecule has 11 heavy (non-hydrogen) atoms. The molecule has 0 aromatic heterocycles. The second-order valence-corrected chi connectivity index (χ2v) is 3.86. The van der Waals surface area contributed by atoms with E-state index in [4.69, 9.17) is 11.6 Å². The average Bonchev–Trinajstić information content (AvgIpc) is 1.95. The molecule has 0 heterocycles. The maximum atomic E-state index is 5.99. The molecule has 0 fully saturated rings. The summed E-state index contributed by atoms with van der Waals surface area (Å²) in [7, 11) is 0. The fourth-order valence-corrected chi connectivity index (χ4v) is 1.56. The van der Waals surface area contributed by atoms with Crippen molar-refractivity contribution in [3.05, 3.63) is 23.8 Å². The van der Waals surface area contributed by atoms with E-state index in [0.717, 1.165) is 0 Å². The largest absolute Gasteiger partial charge is 0.114 e. The first-order valence-electron chi connectivity index (χ1n) is 4.18. The van der Waals surface area contributed by atoms with Crippen molar-refractivity contribution in [3.8, 4) is 0 Å². The van der Waals surface area contributed by atoms with Gasteiger partial charge in [-0.3, -0.25) is 0 Å². The molecule has 0 aliphatic heterocycles. The van der Waals surface area contributed by atoms with Crippen LogP contribution in [0, 0.1) is 5.92 Å². The molecule has 0 aromatic rings. The fraction of sp³-hybridized carbons (Fsp3) is 0.600. The Labute approximate surface area is 73.9 Å². The zero-order valence-corrected chi connectivity index (χ0v) is 7.93. The molecule has 0 saturated carbocycles. The Bertz CT molecular complexity index is 179. The standard InChI is InChI=1S/C10H15Cl/c1-8-3-4-9(2)7-10(11)6-5-8/h5-8,10H,3-4H2,1-2H3/b6-5-,9-7-. The van der Waals surface area contributed by atoms with E-state index in [-0.39, 0.29) is 5.38 Å². The lowest BCUT2D eigenvalue weighted by Gasteiger charge is -2.11. The van der Waals surface area contributed by atoms with E-state index < -0.39 is 0 Å². The lowest BCUT2D eigenvalue weighted by Crippen LogP contribution is -1.98. The summed E-state index contributed by atoms with van der Waals surface area (Å²) >= 11 is 5.99. The summed E-state index contributed by atoms with van der Waals surface area (Å²) in [5, 5.41) is 0.109. The van der Waals surface area contributed by atoms with Crippen LogP contribution in [-0.2, 0) is 0 Å². The van der Waals surface area contributed by atoms with Crippen molar-refractivity contribution in [2.45, 2.75) is 32.1 Å². The van der Waals surface area contributed by atoms with Gasteiger partial charge < -0.3 is 0 Å². The monoisotopic (exact) mass is 170 g/mol. The summed E-state index contributed by atoms with van der Waals surface area (Å²) in [5.41, 5.74) is 1.42. The van der Waals surface area contributed by atoms with E-state index in [1.165, 1.54) is 18.4 Å². The molecule has 0 saturated heterocycles. The van der Waals surface area contributed by atoms with Crippen LogP contribution in [0.2, 0.25) is 0 Å². The predicted octanol–water partition coefficient (Wildman–Crippen LogP) is 3.53. The second kappa shape index (κ2) is 3.96. The van der Waals surface area contributed by atoms with Crippen molar-refractivity contribution in [2.24, 2.45) is 5.92 Å². The van der Waals surface area contributed by atoms with Crippen LogP contribution in [0.5, 0.6) is 0 Å². The Hall–Kier alpha value is -0.230. The van der Waals surface area contributed by atoms with Gasteiger partial charge in [-0.2, -0.15) is 0 Å². The molecule has 0 bridgehead atoms. The zero-order valence-electron chi connectivity index (χ0n) is 7.18. The minimum Gasteiger partial charge on any atom is -0.114 e. The molecule has 0 nitrogen and oxygen atoms in total. The van der Waals surface area contributed by atoms with Gasteiger partial charge in [-0.25, -0.2) is 0 Å². The maximum Gasteiger partial charge on any atom is 0.0699 e. The van der Waals surface area contributed by atoms with Gasteiger partial charge in [0.1, 0.15) is 0 Å². The summed E-state index contributed by atoms with van der Waals surface area (Å²) in [6.45, 7) is 4.39. The lowest BCUT2D eigenvalue weighted by molar-refractivity contribution is 0.638. The molecule has 1 heteroatoms. The van der Waals surface area contributed by atoms with Crippen LogP contribution >= 0.6 is 11.6 Å². The number of hydrogen-bond donors (Lipinski definition) is 0. The predicted molar refractivity (Wildman–Crippen MR) is 50.9 cm³/mol. The van der Waals surface area contributed by atoms with Gasteiger partial charge in [0, 0.05) is 0 Å². The Kier molecular flexibility index (Phi) is 3.19. The van der Waals surface area contributed by atoms with Crippen molar-refractivity contribution in [1.29, 1.82) is 0 Å². The zero-order chi connectivity index (χ0) is 8.27. The number of allylic oxidation sites excluding steroid dienone is 4. The molecule has 0 aromatic carbocycles. The Morgan fingerprint density at radius 2 is 2.18 bits per heavy atom. The molecule has 0 spiro atoms. The minimum absolute atomic E-state index is 0.109. The summed E-state index contributed by atoms with van der Waals surface area (Å²) in [4.78, 5) is 0. The molecule has 0 radical (unpaired) electrons. The number of rotatable bonds is 0. The lowest BCUT2D eigenvalue weighted by atomic mass is 9.98. The van der Waals surface area contributed by atoms with Gasteiger partial charge in [0.15, 0.2) is 0 Å². The molecular formula is C10H15Cl. The van der Waals surface area contributed by atoms with Crippen LogP contribution in [0.25, 0.3) is 0 Å². The van der Waals surface area contributed by atoms with Gasteiger partial charge in [-0.15, -0.1) is 11.6 Å². The highest BCUT2D eigenvalue weighted by Crippen LogP contribution is 2.18. The van der Waals surface area contributed by atoms with Gasteiger partial charge in [-0.05, 0) is 25.7 Å². The molecular weight excluding hydrogens is 156 g/mol. The quantitative estimate of drug-likeness (QED) is 0.386. The third-order valence-electron chi connectivity index (χ3n) is 2.06. The minimum atomic E-state index is 0.109. The highest BCUT2D eigenvalue weighted by atomic mass is 35.5. The first kappa shape index (κ1) is 8.86. The van der Waals surface area contributed by atoms with Gasteiger partial charge in [0.2, 0.25) is 0 Å². The average molecular weight is 171 g/mol. The third kappa shape index (κ3) is 3.11. The smallest absolute Gasteiger partial charge is 0.0699 e. The molecule has 1 rings (SSSR count). The fourth-order valence-electron chi connectivity index (χ4n) is 1.26. The van der Waals surface area contributed by atoms with Crippen LogP contribution in [0.3, 0.4) is 0 Å². The van der Waals surface area contributed by atoms with E-state index >= 15 is 0 Å². The first-order chi connectivity index (χ1) is 5.18. The van der Waals surface area contributed by atoms with Crippen molar-refractivity contribution in [1.82, 2.24) is 0 Å². The Morgan fingerprint density at radius 1 is 1.45 bits per heavy atom. The van der Waals surface area contributed by atoms with Crippen LogP contribution in [-0.4, -0.2) is 5.38 Å². The van der Waals surface area contributed by atoms with E-state index in [0.29, 0.717) is 5.92 Å². The summed E-state index contributed by atoms with van der Waals surface area (Å²) in [6, 6.07) is 0. The summed E-state index contributed by atoms with van der Waals surface area (Å²) in [6.07, 6.45) is 8.86. The van der Waals surface area contributed by atoms with Gasteiger partial charge in [0.25, 0.3) is 0 Å². The normalized spacial score (nSPS) is 40.1. The Balaban J connectivity index is 2.64. The molecule has 1 aliphatic rings. The molecule has 2 unspecified atom stereocenters. The molecule has 0 amide bonds. The van der Waals surface area contributed by atoms with Crippen molar-refractivity contribution in [3.63, 3.8) is 0 Å².